The number of para-hydroxylation sites is 2. The topological polar surface area (TPSA) is 9.86 Å². The van der Waals surface area contributed by atoms with Gasteiger partial charge in [-0.1, -0.05) is 140 Å². The van der Waals surface area contributed by atoms with Crippen LogP contribution in [0.25, 0.3) is 88.4 Å². The highest BCUT2D eigenvalue weighted by molar-refractivity contribution is 6.28. The first kappa shape index (κ1) is 28.4. The molecule has 0 atom stereocenters. The predicted molar refractivity (Wildman–Crippen MR) is 211 cm³/mol. The first-order valence-corrected chi connectivity index (χ1v) is 17.2. The lowest BCUT2D eigenvalue weighted by molar-refractivity contribution is 1.17. The molecule has 0 saturated heterocycles. The van der Waals surface area contributed by atoms with Gasteiger partial charge in [0.15, 0.2) is 0 Å². The molecule has 0 aliphatic carbocycles. The van der Waals surface area contributed by atoms with Crippen molar-refractivity contribution < 1.29 is 0 Å². The molecular formula is C48H32N2. The Morgan fingerprint density at radius 2 is 0.600 bits per heavy atom. The lowest BCUT2D eigenvalue weighted by atomic mass is 9.99. The SMILES string of the molecule is c1ccc(-c2ccc(-n3c4ccccc4c4c5c6ccccc6n(-c6ccc(-c7cccc(-c8ccccc8)c7)cc6)c5ccc43)cc2)cc1. The second-order valence-corrected chi connectivity index (χ2v) is 13.0. The zero-order valence-electron chi connectivity index (χ0n) is 27.4. The fourth-order valence-electron chi connectivity index (χ4n) is 7.82. The summed E-state index contributed by atoms with van der Waals surface area (Å²) in [5, 5.41) is 5.09. The lowest BCUT2D eigenvalue weighted by Crippen LogP contribution is -1.95. The zero-order chi connectivity index (χ0) is 33.0. The van der Waals surface area contributed by atoms with Crippen molar-refractivity contribution in [3.63, 3.8) is 0 Å². The predicted octanol–water partition coefficient (Wildman–Crippen LogP) is 12.9. The van der Waals surface area contributed by atoms with Crippen molar-refractivity contribution in [2.75, 3.05) is 0 Å². The van der Waals surface area contributed by atoms with Crippen LogP contribution in [0.3, 0.4) is 0 Å². The third-order valence-electron chi connectivity index (χ3n) is 10.1. The van der Waals surface area contributed by atoms with Crippen molar-refractivity contribution in [2.45, 2.75) is 0 Å². The summed E-state index contributed by atoms with van der Waals surface area (Å²) in [7, 11) is 0. The van der Waals surface area contributed by atoms with Crippen molar-refractivity contribution in [1.82, 2.24) is 9.13 Å². The summed E-state index contributed by atoms with van der Waals surface area (Å²) in [6.45, 7) is 0. The molecule has 0 bridgehead atoms. The normalized spacial score (nSPS) is 11.6. The third-order valence-corrected chi connectivity index (χ3v) is 10.1. The van der Waals surface area contributed by atoms with Gasteiger partial charge >= 0.3 is 0 Å². The monoisotopic (exact) mass is 636 g/mol. The van der Waals surface area contributed by atoms with E-state index in [1.165, 1.54) is 77.0 Å². The molecule has 2 nitrogen and oxygen atoms in total. The molecule has 0 fully saturated rings. The molecule has 8 aromatic carbocycles. The fourth-order valence-corrected chi connectivity index (χ4v) is 7.82. The van der Waals surface area contributed by atoms with Gasteiger partial charge in [0.25, 0.3) is 0 Å². The molecule has 10 rings (SSSR count). The van der Waals surface area contributed by atoms with Crippen molar-refractivity contribution >= 4 is 43.6 Å². The van der Waals surface area contributed by atoms with Crippen molar-refractivity contribution in [3.05, 3.63) is 194 Å². The molecule has 0 aliphatic rings. The number of hydrogen-bond donors (Lipinski definition) is 0. The zero-order valence-corrected chi connectivity index (χ0v) is 27.4. The van der Waals surface area contributed by atoms with E-state index in [0.29, 0.717) is 0 Å². The molecule has 50 heavy (non-hydrogen) atoms. The van der Waals surface area contributed by atoms with Crippen LogP contribution in [0.2, 0.25) is 0 Å². The number of fused-ring (bicyclic) bond motifs is 7. The maximum atomic E-state index is 2.43. The average molecular weight is 637 g/mol. The highest BCUT2D eigenvalue weighted by Crippen LogP contribution is 2.42. The first-order valence-electron chi connectivity index (χ1n) is 17.2. The van der Waals surface area contributed by atoms with Gasteiger partial charge in [-0.25, -0.2) is 0 Å². The van der Waals surface area contributed by atoms with E-state index in [-0.39, 0.29) is 0 Å². The van der Waals surface area contributed by atoms with Gasteiger partial charge in [-0.2, -0.15) is 0 Å². The van der Waals surface area contributed by atoms with E-state index < -0.39 is 0 Å². The Morgan fingerprint density at radius 3 is 1.08 bits per heavy atom. The summed E-state index contributed by atoms with van der Waals surface area (Å²) in [5.41, 5.74) is 14.5. The lowest BCUT2D eigenvalue weighted by Gasteiger charge is -2.11. The minimum Gasteiger partial charge on any atom is -0.309 e. The van der Waals surface area contributed by atoms with E-state index in [0.717, 1.165) is 11.4 Å². The molecule has 234 valence electrons. The van der Waals surface area contributed by atoms with Crippen LogP contribution in [-0.4, -0.2) is 9.13 Å². The molecule has 0 spiro atoms. The fraction of sp³-hybridized carbons (Fsp3) is 0. The van der Waals surface area contributed by atoms with Crippen molar-refractivity contribution in [3.8, 4) is 44.8 Å². The molecule has 0 saturated carbocycles. The van der Waals surface area contributed by atoms with Gasteiger partial charge in [-0.15, -0.1) is 0 Å². The van der Waals surface area contributed by atoms with Crippen molar-refractivity contribution in [2.24, 2.45) is 0 Å². The Hall–Kier alpha value is -6.64. The van der Waals surface area contributed by atoms with Gasteiger partial charge in [0.05, 0.1) is 22.1 Å². The second kappa shape index (κ2) is 11.5. The molecule has 0 N–H and O–H groups in total. The van der Waals surface area contributed by atoms with Crippen LogP contribution in [0.4, 0.5) is 0 Å². The summed E-state index contributed by atoms with van der Waals surface area (Å²) in [5.74, 6) is 0. The largest absolute Gasteiger partial charge is 0.309 e. The molecule has 10 aromatic rings. The Morgan fingerprint density at radius 1 is 0.240 bits per heavy atom. The maximum Gasteiger partial charge on any atom is 0.0548 e. The summed E-state index contributed by atoms with van der Waals surface area (Å²) in [4.78, 5) is 0. The second-order valence-electron chi connectivity index (χ2n) is 13.0. The summed E-state index contributed by atoms with van der Waals surface area (Å²) < 4.78 is 4.85. The summed E-state index contributed by atoms with van der Waals surface area (Å²) in [6.07, 6.45) is 0. The Kier molecular flexibility index (Phi) is 6.53. The average Bonchev–Trinajstić information content (AvgIpc) is 3.72. The Labute approximate surface area is 290 Å². The van der Waals surface area contributed by atoms with Gasteiger partial charge in [0.2, 0.25) is 0 Å². The number of rotatable bonds is 5. The molecule has 2 heterocycles. The molecular weight excluding hydrogens is 605 g/mol. The van der Waals surface area contributed by atoms with Gasteiger partial charge in [0, 0.05) is 32.9 Å². The van der Waals surface area contributed by atoms with Gasteiger partial charge in [0.1, 0.15) is 0 Å². The Balaban J connectivity index is 1.14. The van der Waals surface area contributed by atoms with E-state index >= 15 is 0 Å². The smallest absolute Gasteiger partial charge is 0.0548 e. The van der Waals surface area contributed by atoms with Crippen LogP contribution in [0.5, 0.6) is 0 Å². The van der Waals surface area contributed by atoms with Crippen LogP contribution in [0.15, 0.2) is 194 Å². The number of hydrogen-bond acceptors (Lipinski definition) is 0. The molecule has 0 unspecified atom stereocenters. The van der Waals surface area contributed by atoms with Crippen molar-refractivity contribution in [1.29, 1.82) is 0 Å². The molecule has 0 amide bonds. The highest BCUT2D eigenvalue weighted by Gasteiger charge is 2.20. The number of aromatic nitrogens is 2. The van der Waals surface area contributed by atoms with E-state index in [9.17, 15) is 0 Å². The minimum atomic E-state index is 1.15. The summed E-state index contributed by atoms with van der Waals surface area (Å²) >= 11 is 0. The maximum absolute atomic E-state index is 2.43. The van der Waals surface area contributed by atoms with E-state index in [4.69, 9.17) is 0 Å². The minimum absolute atomic E-state index is 1.15. The third kappa shape index (κ3) is 4.50. The van der Waals surface area contributed by atoms with Gasteiger partial charge in [-0.3, -0.25) is 0 Å². The van der Waals surface area contributed by atoms with Gasteiger partial charge < -0.3 is 9.13 Å². The van der Waals surface area contributed by atoms with E-state index in [1.807, 2.05) is 0 Å². The van der Waals surface area contributed by atoms with Crippen LogP contribution in [0, 0.1) is 0 Å². The first-order chi connectivity index (χ1) is 24.8. The number of nitrogens with zero attached hydrogens (tertiary/aromatic N) is 2. The standard InChI is InChI=1S/C48H32N2/c1-3-12-33(13-4-1)35-22-26-39(27-23-35)49-43-20-9-7-18-41(43)47-45(49)30-31-46-48(47)42-19-8-10-21-44(42)50(46)40-28-24-36(25-29-40)38-17-11-16-37(32-38)34-14-5-2-6-15-34/h1-32H. The summed E-state index contributed by atoms with van der Waals surface area (Å²) in [6, 6.07) is 70.3. The highest BCUT2D eigenvalue weighted by atomic mass is 15.0. The van der Waals surface area contributed by atoms with Crippen LogP contribution >= 0.6 is 0 Å². The Bertz CT molecular complexity index is 2820. The molecule has 2 heteroatoms. The number of benzene rings is 8. The van der Waals surface area contributed by atoms with Crippen LogP contribution in [0.1, 0.15) is 0 Å². The van der Waals surface area contributed by atoms with E-state index in [2.05, 4.69) is 203 Å². The quantitative estimate of drug-likeness (QED) is 0.178. The molecule has 0 radical (unpaired) electrons. The van der Waals surface area contributed by atoms with E-state index in [1.54, 1.807) is 0 Å². The molecule has 2 aromatic heterocycles. The van der Waals surface area contributed by atoms with Gasteiger partial charge in [-0.05, 0) is 88.0 Å². The van der Waals surface area contributed by atoms with Crippen LogP contribution in [-0.2, 0) is 0 Å². The molecule has 0 aliphatic heterocycles. The van der Waals surface area contributed by atoms with Crippen LogP contribution < -0.4 is 0 Å².